The lowest BCUT2D eigenvalue weighted by atomic mass is 10.2. The minimum atomic E-state index is -1.23. The van der Waals surface area contributed by atoms with E-state index in [9.17, 15) is 18.4 Å². The third kappa shape index (κ3) is 3.83. The van der Waals surface area contributed by atoms with Gasteiger partial charge in [0.2, 0.25) is 5.76 Å². The Hall–Kier alpha value is -2.93. The van der Waals surface area contributed by atoms with E-state index < -0.39 is 29.6 Å². The Bertz CT molecular complexity index is 1000. The number of carbonyl (C=O) groups excluding carboxylic acids is 2. The number of furan rings is 1. The molecule has 0 radical (unpaired) electrons. The van der Waals surface area contributed by atoms with Gasteiger partial charge in [0, 0.05) is 16.5 Å². The largest absolute Gasteiger partial charge is 0.449 e. The Labute approximate surface area is 151 Å². The molecule has 5 nitrogen and oxygen atoms in total. The number of anilines is 1. The van der Waals surface area contributed by atoms with Gasteiger partial charge in [-0.2, -0.15) is 0 Å². The number of esters is 1. The van der Waals surface area contributed by atoms with E-state index in [0.717, 1.165) is 12.1 Å². The maximum absolute atomic E-state index is 13.6. The van der Waals surface area contributed by atoms with Gasteiger partial charge in [-0.15, -0.1) is 0 Å². The molecule has 3 aromatic rings. The van der Waals surface area contributed by atoms with Gasteiger partial charge in [0.1, 0.15) is 17.2 Å². The van der Waals surface area contributed by atoms with Crippen molar-refractivity contribution in [1.82, 2.24) is 0 Å². The second-order valence-corrected chi connectivity index (χ2v) is 5.89. The molecule has 8 heteroatoms. The predicted octanol–water partition coefficient (Wildman–Crippen LogP) is 4.55. The molecule has 1 amide bonds. The minimum absolute atomic E-state index is 0.102. The Morgan fingerprint density at radius 3 is 2.65 bits per heavy atom. The molecule has 1 atom stereocenters. The molecular formula is C18H12ClF2NO4. The van der Waals surface area contributed by atoms with Crippen LogP contribution in [0.5, 0.6) is 0 Å². The van der Waals surface area contributed by atoms with E-state index in [1.165, 1.54) is 13.0 Å². The monoisotopic (exact) mass is 379 g/mol. The Kier molecular flexibility index (Phi) is 4.90. The van der Waals surface area contributed by atoms with E-state index in [2.05, 4.69) is 5.32 Å². The van der Waals surface area contributed by atoms with Gasteiger partial charge in [-0.05, 0) is 43.3 Å². The first-order chi connectivity index (χ1) is 12.3. The number of halogens is 3. The van der Waals surface area contributed by atoms with E-state index in [1.807, 2.05) is 0 Å². The molecule has 1 unspecified atom stereocenters. The van der Waals surface area contributed by atoms with E-state index in [-0.39, 0.29) is 11.4 Å². The van der Waals surface area contributed by atoms with Gasteiger partial charge in [0.15, 0.2) is 6.10 Å². The quantitative estimate of drug-likeness (QED) is 0.675. The number of ether oxygens (including phenoxy) is 1. The zero-order valence-electron chi connectivity index (χ0n) is 13.4. The molecule has 0 aliphatic heterocycles. The first kappa shape index (κ1) is 17.9. The van der Waals surface area contributed by atoms with Crippen LogP contribution in [0.15, 0.2) is 46.9 Å². The second-order valence-electron chi connectivity index (χ2n) is 5.45. The van der Waals surface area contributed by atoms with Crippen molar-refractivity contribution < 1.29 is 27.5 Å². The Morgan fingerprint density at radius 1 is 1.15 bits per heavy atom. The number of hydrogen-bond donors (Lipinski definition) is 1. The Balaban J connectivity index is 1.68. The van der Waals surface area contributed by atoms with Crippen molar-refractivity contribution in [1.29, 1.82) is 0 Å². The van der Waals surface area contributed by atoms with Gasteiger partial charge in [0.25, 0.3) is 5.91 Å². The van der Waals surface area contributed by atoms with Crippen molar-refractivity contribution in [2.75, 3.05) is 5.32 Å². The molecule has 26 heavy (non-hydrogen) atoms. The molecule has 0 saturated heterocycles. The molecule has 1 N–H and O–H groups in total. The van der Waals surface area contributed by atoms with Crippen LogP contribution < -0.4 is 5.32 Å². The summed E-state index contributed by atoms with van der Waals surface area (Å²) in [6, 6.07) is 8.96. The summed E-state index contributed by atoms with van der Waals surface area (Å²) in [4.78, 5) is 24.2. The SMILES string of the molecule is CC(OC(=O)c1cc2cc(Cl)ccc2o1)C(=O)Nc1ccc(F)cc1F. The second kappa shape index (κ2) is 7.13. The van der Waals surface area contributed by atoms with E-state index in [4.69, 9.17) is 20.8 Å². The summed E-state index contributed by atoms with van der Waals surface area (Å²) >= 11 is 5.87. The van der Waals surface area contributed by atoms with Crippen molar-refractivity contribution >= 4 is 40.1 Å². The minimum Gasteiger partial charge on any atom is -0.449 e. The van der Waals surface area contributed by atoms with Crippen LogP contribution in [0.4, 0.5) is 14.5 Å². The lowest BCUT2D eigenvalue weighted by Crippen LogP contribution is -2.30. The van der Waals surface area contributed by atoms with Crippen LogP contribution in [0.1, 0.15) is 17.5 Å². The van der Waals surface area contributed by atoms with Gasteiger partial charge in [-0.1, -0.05) is 11.6 Å². The molecule has 1 heterocycles. The molecule has 0 aliphatic rings. The number of amides is 1. The van der Waals surface area contributed by atoms with Crippen LogP contribution in [0.2, 0.25) is 5.02 Å². The lowest BCUT2D eigenvalue weighted by molar-refractivity contribution is -0.123. The molecule has 0 bridgehead atoms. The zero-order chi connectivity index (χ0) is 18.8. The van der Waals surface area contributed by atoms with Gasteiger partial charge in [-0.3, -0.25) is 4.79 Å². The zero-order valence-corrected chi connectivity index (χ0v) is 14.1. The van der Waals surface area contributed by atoms with Crippen molar-refractivity contribution in [3.8, 4) is 0 Å². The van der Waals surface area contributed by atoms with Crippen LogP contribution in [-0.4, -0.2) is 18.0 Å². The summed E-state index contributed by atoms with van der Waals surface area (Å²) in [5, 5.41) is 3.31. The van der Waals surface area contributed by atoms with Gasteiger partial charge in [0.05, 0.1) is 5.69 Å². The molecule has 3 rings (SSSR count). The van der Waals surface area contributed by atoms with E-state index >= 15 is 0 Å². The van der Waals surface area contributed by atoms with Crippen LogP contribution in [0.3, 0.4) is 0 Å². The van der Waals surface area contributed by atoms with Crippen molar-refractivity contribution in [3.05, 3.63) is 64.9 Å². The summed E-state index contributed by atoms with van der Waals surface area (Å²) in [6.45, 7) is 1.31. The number of nitrogens with one attached hydrogen (secondary N) is 1. The highest BCUT2D eigenvalue weighted by molar-refractivity contribution is 6.31. The van der Waals surface area contributed by atoms with Gasteiger partial charge < -0.3 is 14.5 Å². The topological polar surface area (TPSA) is 68.5 Å². The first-order valence-electron chi connectivity index (χ1n) is 7.49. The molecule has 134 valence electrons. The van der Waals surface area contributed by atoms with Crippen LogP contribution in [-0.2, 0) is 9.53 Å². The third-order valence-electron chi connectivity index (χ3n) is 3.52. The smallest absolute Gasteiger partial charge is 0.375 e. The maximum atomic E-state index is 13.6. The highest BCUT2D eigenvalue weighted by atomic mass is 35.5. The molecular weight excluding hydrogens is 368 g/mol. The summed E-state index contributed by atoms with van der Waals surface area (Å²) in [7, 11) is 0. The summed E-state index contributed by atoms with van der Waals surface area (Å²) < 4.78 is 36.8. The van der Waals surface area contributed by atoms with E-state index in [1.54, 1.807) is 18.2 Å². The summed E-state index contributed by atoms with van der Waals surface area (Å²) in [6.07, 6.45) is -1.23. The average Bonchev–Trinajstić information content (AvgIpc) is 3.00. The molecule has 0 spiro atoms. The highest BCUT2D eigenvalue weighted by Crippen LogP contribution is 2.24. The summed E-state index contributed by atoms with van der Waals surface area (Å²) in [5.74, 6) is -3.45. The average molecular weight is 380 g/mol. The van der Waals surface area contributed by atoms with Crippen LogP contribution >= 0.6 is 11.6 Å². The molecule has 1 aromatic heterocycles. The van der Waals surface area contributed by atoms with Crippen LogP contribution in [0, 0.1) is 11.6 Å². The standard InChI is InChI=1S/C18H12ClF2NO4/c1-9(17(23)22-14-4-3-12(20)8-13(14)21)25-18(24)16-7-10-6-11(19)2-5-15(10)26-16/h2-9H,1H3,(H,22,23). The third-order valence-corrected chi connectivity index (χ3v) is 3.76. The Morgan fingerprint density at radius 2 is 1.92 bits per heavy atom. The molecule has 0 aliphatic carbocycles. The fourth-order valence-electron chi connectivity index (χ4n) is 2.21. The van der Waals surface area contributed by atoms with Crippen molar-refractivity contribution in [3.63, 3.8) is 0 Å². The first-order valence-corrected chi connectivity index (χ1v) is 7.87. The molecule has 0 saturated carbocycles. The normalized spacial score (nSPS) is 12.0. The highest BCUT2D eigenvalue weighted by Gasteiger charge is 2.22. The number of fused-ring (bicyclic) bond motifs is 1. The number of benzene rings is 2. The fraction of sp³-hybridized carbons (Fsp3) is 0.111. The number of hydrogen-bond acceptors (Lipinski definition) is 4. The predicted molar refractivity (Wildman–Crippen MR) is 91.1 cm³/mol. The van der Waals surface area contributed by atoms with Crippen LogP contribution in [0.25, 0.3) is 11.0 Å². The molecule has 0 fully saturated rings. The fourth-order valence-corrected chi connectivity index (χ4v) is 2.39. The van der Waals surface area contributed by atoms with Gasteiger partial charge in [-0.25, -0.2) is 13.6 Å². The number of carbonyl (C=O) groups is 2. The lowest BCUT2D eigenvalue weighted by Gasteiger charge is -2.13. The molecule has 2 aromatic carbocycles. The number of rotatable bonds is 4. The van der Waals surface area contributed by atoms with E-state index in [0.29, 0.717) is 22.1 Å². The van der Waals surface area contributed by atoms with Gasteiger partial charge >= 0.3 is 5.97 Å². The maximum Gasteiger partial charge on any atom is 0.375 e. The van der Waals surface area contributed by atoms with Crippen molar-refractivity contribution in [2.45, 2.75) is 13.0 Å². The van der Waals surface area contributed by atoms with Crippen molar-refractivity contribution in [2.24, 2.45) is 0 Å². The summed E-state index contributed by atoms with van der Waals surface area (Å²) in [5.41, 5.74) is 0.213.